The van der Waals surface area contributed by atoms with Crippen LogP contribution in [0.3, 0.4) is 0 Å². The number of hydrogen-bond acceptors (Lipinski definition) is 1. The molecule has 1 nitrogen and oxygen atoms in total. The number of benzene rings is 1. The number of anilines is 1. The van der Waals surface area contributed by atoms with Crippen molar-refractivity contribution in [3.8, 4) is 0 Å². The second kappa shape index (κ2) is 2.01. The molecule has 48 valence electrons. The summed E-state index contributed by atoms with van der Waals surface area (Å²) in [6.07, 6.45) is 0. The van der Waals surface area contributed by atoms with Gasteiger partial charge in [0.25, 0.3) is 0 Å². The highest BCUT2D eigenvalue weighted by Gasteiger charge is 1.96. The summed E-state index contributed by atoms with van der Waals surface area (Å²) < 4.78 is 38.7. The van der Waals surface area contributed by atoms with Crippen molar-refractivity contribution in [3.05, 3.63) is 29.8 Å². The summed E-state index contributed by atoms with van der Waals surface area (Å²) in [5.41, 5.74) is 4.53. The highest BCUT2D eigenvalue weighted by Crippen LogP contribution is 2.09. The second-order valence-corrected chi connectivity index (χ2v) is 1.51. The Hall–Kier alpha value is -1.12. The molecule has 0 aromatic heterocycles. The van der Waals surface area contributed by atoms with Crippen molar-refractivity contribution in [1.82, 2.24) is 0 Å². The van der Waals surface area contributed by atoms with Crippen LogP contribution in [-0.2, 0) is 0 Å². The van der Waals surface area contributed by atoms with Gasteiger partial charge in [-0.25, -0.2) is 8.78 Å². The van der Waals surface area contributed by atoms with Gasteiger partial charge in [-0.05, 0) is 18.2 Å². The van der Waals surface area contributed by atoms with Crippen LogP contribution in [0.25, 0.3) is 0 Å². The molecule has 0 atom stereocenters. The van der Waals surface area contributed by atoms with Gasteiger partial charge in [0.1, 0.15) is 11.6 Å². The Kier molecular flexibility index (Phi) is 0.853. The minimum absolute atomic E-state index is 0.441. The van der Waals surface area contributed by atoms with E-state index in [1.807, 2.05) is 0 Å². The van der Waals surface area contributed by atoms with Crippen LogP contribution in [-0.4, -0.2) is 0 Å². The highest BCUT2D eigenvalue weighted by molar-refractivity contribution is 5.38. The molecule has 0 bridgehead atoms. The normalized spacial score (nSPS) is 12.7. The Balaban J connectivity index is 3.46. The van der Waals surface area contributed by atoms with Gasteiger partial charge in [0.05, 0.1) is 8.43 Å². The average molecular weight is 131 g/mol. The van der Waals surface area contributed by atoms with Crippen molar-refractivity contribution in [2.75, 3.05) is 5.73 Å². The van der Waals surface area contributed by atoms with Gasteiger partial charge >= 0.3 is 0 Å². The lowest BCUT2D eigenvalue weighted by Crippen LogP contribution is -1.89. The van der Waals surface area contributed by atoms with Gasteiger partial charge in [-0.3, -0.25) is 0 Å². The molecule has 0 amide bonds. The Bertz CT molecular complexity index is 275. The first-order valence-electron chi connectivity index (χ1n) is 3.24. The molecular formula is C6H5F2N. The van der Waals surface area contributed by atoms with Crippen LogP contribution in [0.1, 0.15) is 2.74 Å². The van der Waals surface area contributed by atoms with Gasteiger partial charge in [-0.1, -0.05) is 0 Å². The molecule has 0 unspecified atom stereocenters. The fourth-order valence-corrected chi connectivity index (χ4v) is 0.423. The van der Waals surface area contributed by atoms with Gasteiger partial charge in [-0.15, -0.1) is 0 Å². The zero-order valence-electron chi connectivity index (χ0n) is 6.41. The Morgan fingerprint density at radius 1 is 1.44 bits per heavy atom. The maximum absolute atomic E-state index is 12.6. The molecule has 2 N–H and O–H groups in total. The van der Waals surface area contributed by atoms with Crippen LogP contribution in [0.4, 0.5) is 14.5 Å². The molecule has 1 rings (SSSR count). The summed E-state index contributed by atoms with van der Waals surface area (Å²) >= 11 is 0. The summed E-state index contributed by atoms with van der Waals surface area (Å²) in [6.45, 7) is 0. The van der Waals surface area contributed by atoms with E-state index in [4.69, 9.17) is 8.48 Å². The van der Waals surface area contributed by atoms with Crippen LogP contribution in [0, 0.1) is 11.6 Å². The molecule has 0 saturated carbocycles. The van der Waals surface area contributed by atoms with Gasteiger partial charge in [-0.2, -0.15) is 0 Å². The smallest absolute Gasteiger partial charge is 0.146 e. The number of nitrogens with two attached hydrogens (primary N) is 1. The van der Waals surface area contributed by atoms with E-state index in [-0.39, 0.29) is 0 Å². The van der Waals surface area contributed by atoms with Crippen LogP contribution < -0.4 is 5.73 Å². The third-order valence-corrected chi connectivity index (χ3v) is 0.827. The number of nitrogen functional groups attached to an aromatic ring is 1. The molecule has 1 aromatic carbocycles. The SMILES string of the molecule is [2H]c1c(F)cc(N)c(F)c1[2H]. The molecular weight excluding hydrogens is 124 g/mol. The first-order chi connectivity index (χ1) is 5.04. The third kappa shape index (κ3) is 1.16. The van der Waals surface area contributed by atoms with Crippen molar-refractivity contribution in [2.45, 2.75) is 0 Å². The largest absolute Gasteiger partial charge is 0.396 e. The zero-order valence-corrected chi connectivity index (χ0v) is 4.41. The van der Waals surface area contributed by atoms with Crippen molar-refractivity contribution in [3.63, 3.8) is 0 Å². The van der Waals surface area contributed by atoms with Gasteiger partial charge in [0.15, 0.2) is 0 Å². The van der Waals surface area contributed by atoms with Crippen LogP contribution >= 0.6 is 0 Å². The summed E-state index contributed by atoms with van der Waals surface area (Å²) in [5.74, 6) is -2.02. The summed E-state index contributed by atoms with van der Waals surface area (Å²) in [5, 5.41) is 0. The summed E-state index contributed by atoms with van der Waals surface area (Å²) in [7, 11) is 0. The van der Waals surface area contributed by atoms with E-state index >= 15 is 0 Å². The lowest BCUT2D eigenvalue weighted by molar-refractivity contribution is 0.604. The fraction of sp³-hybridized carbons (Fsp3) is 0. The molecule has 0 radical (unpaired) electrons. The lowest BCUT2D eigenvalue weighted by atomic mass is 10.3. The lowest BCUT2D eigenvalue weighted by Gasteiger charge is -1.92. The number of rotatable bonds is 0. The fourth-order valence-electron chi connectivity index (χ4n) is 0.423. The summed E-state index contributed by atoms with van der Waals surface area (Å²) in [6, 6.07) is -0.880. The van der Waals surface area contributed by atoms with E-state index in [0.717, 1.165) is 0 Å². The standard InChI is InChI=1S/C6H5F2N/c7-4-1-2-5(8)6(9)3-4/h1-3H,9H2/i1D,2D. The molecule has 0 spiro atoms. The predicted octanol–water partition coefficient (Wildman–Crippen LogP) is 1.55. The van der Waals surface area contributed by atoms with E-state index in [9.17, 15) is 8.78 Å². The first-order valence-corrected chi connectivity index (χ1v) is 2.24. The quantitative estimate of drug-likeness (QED) is 0.531. The van der Waals surface area contributed by atoms with Crippen molar-refractivity contribution in [1.29, 1.82) is 0 Å². The van der Waals surface area contributed by atoms with Crippen LogP contribution in [0.5, 0.6) is 0 Å². The Labute approximate surface area is 53.9 Å². The van der Waals surface area contributed by atoms with Crippen molar-refractivity contribution >= 4 is 5.69 Å². The topological polar surface area (TPSA) is 26.0 Å². The summed E-state index contributed by atoms with van der Waals surface area (Å²) in [4.78, 5) is 0. The number of hydrogen-bond donors (Lipinski definition) is 1. The minimum atomic E-state index is -1.04. The maximum atomic E-state index is 12.6. The molecule has 3 heteroatoms. The number of halogens is 2. The van der Waals surface area contributed by atoms with E-state index in [1.165, 1.54) is 0 Å². The van der Waals surface area contributed by atoms with Gasteiger partial charge in [0.2, 0.25) is 0 Å². The second-order valence-electron chi connectivity index (χ2n) is 1.51. The molecule has 0 aliphatic heterocycles. The molecule has 0 aliphatic carbocycles. The molecule has 9 heavy (non-hydrogen) atoms. The van der Waals surface area contributed by atoms with E-state index in [1.54, 1.807) is 0 Å². The van der Waals surface area contributed by atoms with E-state index < -0.39 is 29.4 Å². The van der Waals surface area contributed by atoms with E-state index in [2.05, 4.69) is 0 Å². The molecule has 0 saturated heterocycles. The van der Waals surface area contributed by atoms with Gasteiger partial charge < -0.3 is 5.73 Å². The zero-order chi connectivity index (χ0) is 8.59. The molecule has 0 heterocycles. The highest BCUT2D eigenvalue weighted by atomic mass is 19.1. The van der Waals surface area contributed by atoms with Crippen molar-refractivity contribution < 1.29 is 11.5 Å². The molecule has 0 aliphatic rings. The Morgan fingerprint density at radius 3 is 2.78 bits per heavy atom. The van der Waals surface area contributed by atoms with E-state index in [0.29, 0.717) is 6.07 Å². The minimum Gasteiger partial charge on any atom is -0.396 e. The van der Waals surface area contributed by atoms with Crippen molar-refractivity contribution in [2.24, 2.45) is 0 Å². The monoisotopic (exact) mass is 131 g/mol. The first kappa shape index (κ1) is 3.82. The van der Waals surface area contributed by atoms with Crippen LogP contribution in [0.2, 0.25) is 0 Å². The molecule has 1 aromatic rings. The van der Waals surface area contributed by atoms with Crippen LogP contribution in [0.15, 0.2) is 18.2 Å². The predicted molar refractivity (Wildman–Crippen MR) is 30.8 cm³/mol. The Morgan fingerprint density at radius 2 is 2.11 bits per heavy atom. The average Bonchev–Trinajstić information content (AvgIpc) is 1.97. The molecule has 0 fully saturated rings. The third-order valence-electron chi connectivity index (χ3n) is 0.827. The van der Waals surface area contributed by atoms with Gasteiger partial charge in [0, 0.05) is 0 Å². The maximum Gasteiger partial charge on any atom is 0.146 e.